The molecule has 2 aliphatic rings. The Morgan fingerprint density at radius 2 is 1.75 bits per heavy atom. The zero-order valence-corrected chi connectivity index (χ0v) is 20.1. The first kappa shape index (κ1) is 22.9. The molecule has 174 valence electrons. The molecule has 1 N–H and O–H groups in total. The van der Waals surface area contributed by atoms with Gasteiger partial charge in [-0.1, -0.05) is 24.4 Å². The minimum Gasteiger partial charge on any atom is -0.495 e. The molecule has 1 aromatic carbocycles. The molecular formula is C23H34ClN7O. The Bertz CT molecular complexity index is 896. The van der Waals surface area contributed by atoms with Crippen LogP contribution in [0.2, 0.25) is 5.02 Å². The number of aromatic nitrogens is 3. The Morgan fingerprint density at radius 3 is 2.41 bits per heavy atom. The summed E-state index contributed by atoms with van der Waals surface area (Å²) in [7, 11) is 5.89. The van der Waals surface area contributed by atoms with Gasteiger partial charge in [0.15, 0.2) is 0 Å². The number of ether oxygens (including phenoxy) is 1. The quantitative estimate of drug-likeness (QED) is 0.689. The summed E-state index contributed by atoms with van der Waals surface area (Å²) in [5.74, 6) is 2.64. The van der Waals surface area contributed by atoms with Gasteiger partial charge in [-0.3, -0.25) is 0 Å². The zero-order chi connectivity index (χ0) is 22.5. The molecule has 3 heterocycles. The lowest BCUT2D eigenvalue weighted by Gasteiger charge is -2.35. The molecule has 4 rings (SSSR count). The zero-order valence-electron chi connectivity index (χ0n) is 19.3. The van der Waals surface area contributed by atoms with Gasteiger partial charge < -0.3 is 24.8 Å². The van der Waals surface area contributed by atoms with E-state index in [1.165, 1.54) is 25.7 Å². The van der Waals surface area contributed by atoms with E-state index in [1.54, 1.807) is 7.11 Å². The van der Waals surface area contributed by atoms with Gasteiger partial charge in [0.1, 0.15) is 5.75 Å². The highest BCUT2D eigenvalue weighted by atomic mass is 35.5. The molecule has 0 radical (unpaired) electrons. The molecule has 9 heteroatoms. The topological polar surface area (TPSA) is 69.7 Å². The van der Waals surface area contributed by atoms with Crippen LogP contribution in [0, 0.1) is 0 Å². The fraction of sp³-hybridized carbons (Fsp3) is 0.609. The van der Waals surface area contributed by atoms with Crippen molar-refractivity contribution in [3.05, 3.63) is 23.2 Å². The highest BCUT2D eigenvalue weighted by Crippen LogP contribution is 2.29. The summed E-state index contributed by atoms with van der Waals surface area (Å²) in [6, 6.07) is 6.01. The Morgan fingerprint density at radius 1 is 1.03 bits per heavy atom. The number of nitrogens with one attached hydrogen (secondary N) is 1. The highest BCUT2D eigenvalue weighted by molar-refractivity contribution is 6.32. The van der Waals surface area contributed by atoms with E-state index in [1.807, 2.05) is 18.2 Å². The number of anilines is 4. The summed E-state index contributed by atoms with van der Waals surface area (Å²) in [5.41, 5.74) is 0.816. The highest BCUT2D eigenvalue weighted by Gasteiger charge is 2.24. The Balaban J connectivity index is 1.62. The Kier molecular flexibility index (Phi) is 7.52. The maximum atomic E-state index is 6.32. The van der Waals surface area contributed by atoms with Crippen molar-refractivity contribution in [1.82, 2.24) is 19.9 Å². The van der Waals surface area contributed by atoms with Crippen LogP contribution in [-0.2, 0) is 0 Å². The van der Waals surface area contributed by atoms with Crippen molar-refractivity contribution in [3.8, 4) is 5.75 Å². The molecule has 0 bridgehead atoms. The van der Waals surface area contributed by atoms with Crippen LogP contribution in [-0.4, -0.2) is 73.3 Å². The van der Waals surface area contributed by atoms with Crippen molar-refractivity contribution in [1.29, 1.82) is 0 Å². The van der Waals surface area contributed by atoms with Crippen molar-refractivity contribution in [2.45, 2.75) is 44.6 Å². The van der Waals surface area contributed by atoms with Crippen LogP contribution < -0.4 is 19.9 Å². The third-order valence-electron chi connectivity index (χ3n) is 6.46. The average Bonchev–Trinajstić information content (AvgIpc) is 3.09. The number of nitrogens with zero attached hydrogens (tertiary/aromatic N) is 6. The second-order valence-corrected chi connectivity index (χ2v) is 9.19. The number of rotatable bonds is 6. The van der Waals surface area contributed by atoms with Crippen LogP contribution in [0.1, 0.15) is 38.5 Å². The van der Waals surface area contributed by atoms with E-state index in [0.29, 0.717) is 22.8 Å². The second kappa shape index (κ2) is 10.5. The van der Waals surface area contributed by atoms with Crippen LogP contribution in [0.25, 0.3) is 0 Å². The molecule has 32 heavy (non-hydrogen) atoms. The van der Waals surface area contributed by atoms with Gasteiger partial charge in [-0.25, -0.2) is 0 Å². The SMILES string of the molecule is COc1ccc(Nc2nc(N3CCCCCC3)nc(N(C)C3CCN(C)CC3)n2)cc1Cl. The van der Waals surface area contributed by atoms with Gasteiger partial charge in [0, 0.05) is 31.9 Å². The number of hydrogen-bond acceptors (Lipinski definition) is 8. The summed E-state index contributed by atoms with van der Waals surface area (Å²) in [4.78, 5) is 21.4. The van der Waals surface area contributed by atoms with Gasteiger partial charge in [0.2, 0.25) is 17.8 Å². The lowest BCUT2D eigenvalue weighted by Crippen LogP contribution is -2.42. The van der Waals surface area contributed by atoms with Crippen LogP contribution >= 0.6 is 11.6 Å². The first-order chi connectivity index (χ1) is 15.5. The van der Waals surface area contributed by atoms with E-state index in [9.17, 15) is 0 Å². The standard InChI is InChI=1S/C23H34ClN7O/c1-29-14-10-18(11-15-29)30(2)22-26-21(25-17-8-9-20(32-3)19(24)16-17)27-23(28-22)31-12-6-4-5-7-13-31/h8-9,16,18H,4-7,10-15H2,1-3H3,(H,25,26,27,28). The molecule has 0 spiro atoms. The number of hydrogen-bond donors (Lipinski definition) is 1. The maximum absolute atomic E-state index is 6.32. The van der Waals surface area contributed by atoms with E-state index >= 15 is 0 Å². The Labute approximate surface area is 195 Å². The molecule has 2 aromatic rings. The molecule has 0 aliphatic carbocycles. The summed E-state index contributed by atoms with van der Waals surface area (Å²) in [5, 5.41) is 3.88. The third-order valence-corrected chi connectivity index (χ3v) is 6.76. The van der Waals surface area contributed by atoms with Gasteiger partial charge in [-0.15, -0.1) is 0 Å². The van der Waals surface area contributed by atoms with E-state index in [2.05, 4.69) is 34.1 Å². The van der Waals surface area contributed by atoms with Gasteiger partial charge in [-0.05, 0) is 64.0 Å². The molecular weight excluding hydrogens is 426 g/mol. The van der Waals surface area contributed by atoms with Crippen molar-refractivity contribution >= 4 is 35.1 Å². The van der Waals surface area contributed by atoms with Gasteiger partial charge in [0.25, 0.3) is 0 Å². The van der Waals surface area contributed by atoms with Crippen LogP contribution in [0.15, 0.2) is 18.2 Å². The molecule has 0 saturated carbocycles. The monoisotopic (exact) mass is 459 g/mol. The predicted molar refractivity (Wildman–Crippen MR) is 131 cm³/mol. The van der Waals surface area contributed by atoms with Gasteiger partial charge in [0.05, 0.1) is 12.1 Å². The van der Waals surface area contributed by atoms with E-state index in [4.69, 9.17) is 31.3 Å². The number of halogens is 1. The molecule has 0 amide bonds. The normalized spacial score (nSPS) is 18.3. The largest absolute Gasteiger partial charge is 0.495 e. The molecule has 2 saturated heterocycles. The third kappa shape index (κ3) is 5.53. The van der Waals surface area contributed by atoms with E-state index < -0.39 is 0 Å². The molecule has 2 fully saturated rings. The fourth-order valence-corrected chi connectivity index (χ4v) is 4.66. The molecule has 0 atom stereocenters. The minimum atomic E-state index is 0.425. The average molecular weight is 460 g/mol. The minimum absolute atomic E-state index is 0.425. The lowest BCUT2D eigenvalue weighted by molar-refractivity contribution is 0.252. The molecule has 1 aromatic heterocycles. The first-order valence-electron chi connectivity index (χ1n) is 11.6. The summed E-state index contributed by atoms with van der Waals surface area (Å²) < 4.78 is 5.27. The van der Waals surface area contributed by atoms with Crippen LogP contribution in [0.5, 0.6) is 5.75 Å². The number of likely N-dealkylation sites (tertiary alicyclic amines) is 1. The maximum Gasteiger partial charge on any atom is 0.233 e. The molecule has 0 unspecified atom stereocenters. The van der Waals surface area contributed by atoms with Gasteiger partial charge >= 0.3 is 0 Å². The van der Waals surface area contributed by atoms with Crippen LogP contribution in [0.3, 0.4) is 0 Å². The van der Waals surface area contributed by atoms with E-state index in [-0.39, 0.29) is 0 Å². The number of piperidine rings is 1. The Hall–Kier alpha value is -2.32. The summed E-state index contributed by atoms with van der Waals surface area (Å²) in [6.45, 7) is 4.15. The predicted octanol–water partition coefficient (Wildman–Crippen LogP) is 4.19. The van der Waals surface area contributed by atoms with Crippen LogP contribution in [0.4, 0.5) is 23.5 Å². The molecule has 2 aliphatic heterocycles. The lowest BCUT2D eigenvalue weighted by atomic mass is 10.0. The van der Waals surface area contributed by atoms with Crippen molar-refractivity contribution in [2.75, 3.05) is 62.5 Å². The van der Waals surface area contributed by atoms with E-state index in [0.717, 1.165) is 56.6 Å². The van der Waals surface area contributed by atoms with Crippen molar-refractivity contribution in [3.63, 3.8) is 0 Å². The summed E-state index contributed by atoms with van der Waals surface area (Å²) >= 11 is 6.32. The first-order valence-corrected chi connectivity index (χ1v) is 11.9. The second-order valence-electron chi connectivity index (χ2n) is 8.78. The van der Waals surface area contributed by atoms with Crippen molar-refractivity contribution < 1.29 is 4.74 Å². The van der Waals surface area contributed by atoms with Crippen molar-refractivity contribution in [2.24, 2.45) is 0 Å². The smallest absolute Gasteiger partial charge is 0.233 e. The van der Waals surface area contributed by atoms with Gasteiger partial charge in [-0.2, -0.15) is 15.0 Å². The number of benzene rings is 1. The number of methoxy groups -OCH3 is 1. The fourth-order valence-electron chi connectivity index (χ4n) is 4.40. The summed E-state index contributed by atoms with van der Waals surface area (Å²) in [6.07, 6.45) is 7.08. The molecule has 8 nitrogen and oxygen atoms in total.